The molecule has 4 aliphatic rings. The van der Waals surface area contributed by atoms with E-state index in [9.17, 15) is 4.79 Å². The number of nitrogens with one attached hydrogen (secondary N) is 3. The lowest BCUT2D eigenvalue weighted by molar-refractivity contribution is -0.136. The summed E-state index contributed by atoms with van der Waals surface area (Å²) in [5.41, 5.74) is 1.53. The van der Waals surface area contributed by atoms with Crippen LogP contribution in [0, 0.1) is 11.2 Å². The summed E-state index contributed by atoms with van der Waals surface area (Å²) < 4.78 is 16.4. The third-order valence-corrected chi connectivity index (χ3v) is 8.72. The minimum absolute atomic E-state index is 0.123. The molecule has 2 unspecified atom stereocenters. The van der Waals surface area contributed by atoms with Crippen molar-refractivity contribution in [2.75, 3.05) is 32.7 Å². The molecule has 4 fully saturated rings. The second kappa shape index (κ2) is 7.88. The molecule has 4 saturated heterocycles. The average molecular weight is 416 g/mol. The Morgan fingerprint density at radius 2 is 1.90 bits per heavy atom. The second-order valence-corrected chi connectivity index (χ2v) is 10.1. The number of nitrogens with zero attached hydrogens (tertiary/aromatic N) is 1. The minimum atomic E-state index is -0.242. The molecule has 5 nitrogen and oxygen atoms in total. The molecule has 4 heterocycles. The highest BCUT2D eigenvalue weighted by Gasteiger charge is 2.49. The highest BCUT2D eigenvalue weighted by molar-refractivity contribution is 5.84. The first kappa shape index (κ1) is 20.4. The smallest absolute Gasteiger partial charge is 0.226 e. The van der Waals surface area contributed by atoms with Gasteiger partial charge in [0.1, 0.15) is 17.5 Å². The Hall–Kier alpha value is -1.50. The number of hydrogen-bond donors (Lipinski definition) is 3. The molecular formula is C24H36FN4O+. The molecule has 0 aliphatic carbocycles. The van der Waals surface area contributed by atoms with Gasteiger partial charge in [-0.25, -0.2) is 4.39 Å². The quantitative estimate of drug-likeness (QED) is 0.666. The van der Waals surface area contributed by atoms with Crippen molar-refractivity contribution in [2.24, 2.45) is 5.41 Å². The first-order valence-corrected chi connectivity index (χ1v) is 11.9. The molecular weight excluding hydrogens is 379 g/mol. The zero-order valence-corrected chi connectivity index (χ0v) is 18.2. The largest absolute Gasteiger partial charge is 0.349 e. The van der Waals surface area contributed by atoms with Crippen LogP contribution in [0.3, 0.4) is 0 Å². The standard InChI is InChI=1S/C24H35FN4O/c1-17-3-2-14-29(17,19-7-11-27-16-19)18-4-5-20(21(25)15-18)22-6-8-24(23(30)28-22)9-12-26-13-10-24/h4-5,15,17,19,22,26-27H,2-3,6-14,16H2,1H3/p+1/t17-,19-,22?,29?/m0/s1. The maximum Gasteiger partial charge on any atom is 0.226 e. The maximum atomic E-state index is 15.4. The number of carbonyl (C=O) groups is 1. The van der Waals surface area contributed by atoms with Gasteiger partial charge in [0.25, 0.3) is 0 Å². The lowest BCUT2D eigenvalue weighted by atomic mass is 9.71. The van der Waals surface area contributed by atoms with E-state index in [2.05, 4.69) is 28.9 Å². The van der Waals surface area contributed by atoms with Crippen molar-refractivity contribution in [3.8, 4) is 0 Å². The van der Waals surface area contributed by atoms with E-state index in [1.165, 1.54) is 12.8 Å². The topological polar surface area (TPSA) is 53.2 Å². The van der Waals surface area contributed by atoms with E-state index >= 15 is 4.39 Å². The molecule has 0 bridgehead atoms. The Balaban J connectivity index is 1.39. The van der Waals surface area contributed by atoms with Gasteiger partial charge < -0.3 is 16.0 Å². The van der Waals surface area contributed by atoms with Gasteiger partial charge in [0.2, 0.25) is 5.91 Å². The maximum absolute atomic E-state index is 15.4. The van der Waals surface area contributed by atoms with Crippen molar-refractivity contribution in [3.05, 3.63) is 29.6 Å². The van der Waals surface area contributed by atoms with Crippen molar-refractivity contribution in [1.82, 2.24) is 20.4 Å². The first-order valence-electron chi connectivity index (χ1n) is 11.9. The number of rotatable bonds is 3. The zero-order valence-electron chi connectivity index (χ0n) is 18.2. The van der Waals surface area contributed by atoms with E-state index < -0.39 is 0 Å². The van der Waals surface area contributed by atoms with E-state index in [1.807, 2.05) is 6.07 Å². The minimum Gasteiger partial charge on any atom is -0.349 e. The van der Waals surface area contributed by atoms with Crippen LogP contribution in [0.5, 0.6) is 0 Å². The van der Waals surface area contributed by atoms with Crippen LogP contribution in [0.4, 0.5) is 10.1 Å². The van der Waals surface area contributed by atoms with Crippen molar-refractivity contribution >= 4 is 11.6 Å². The zero-order chi connectivity index (χ0) is 20.8. The van der Waals surface area contributed by atoms with E-state index in [4.69, 9.17) is 0 Å². The molecule has 1 aromatic carbocycles. The van der Waals surface area contributed by atoms with Crippen LogP contribution < -0.4 is 20.4 Å². The van der Waals surface area contributed by atoms with Crippen molar-refractivity contribution in [1.29, 1.82) is 0 Å². The third-order valence-electron chi connectivity index (χ3n) is 8.72. The predicted octanol–water partition coefficient (Wildman–Crippen LogP) is 3.00. The van der Waals surface area contributed by atoms with Gasteiger partial charge in [0, 0.05) is 44.0 Å². The molecule has 0 radical (unpaired) electrons. The normalized spacial score (nSPS) is 36.2. The molecule has 4 atom stereocenters. The Labute approximate surface area is 179 Å². The van der Waals surface area contributed by atoms with E-state index in [1.54, 1.807) is 6.07 Å². The summed E-state index contributed by atoms with van der Waals surface area (Å²) in [7, 11) is 0. The summed E-state index contributed by atoms with van der Waals surface area (Å²) in [5.74, 6) is -0.0287. The fourth-order valence-corrected chi connectivity index (χ4v) is 6.86. The molecule has 1 spiro atoms. The lowest BCUT2D eigenvalue weighted by Crippen LogP contribution is -2.59. The SMILES string of the molecule is C[C@H]1CCC[N+]1(c1ccc(C2CCC3(CCNCC3)C(=O)N2)c(F)c1)[C@H]1CCNC1. The van der Waals surface area contributed by atoms with Crippen LogP contribution in [0.15, 0.2) is 18.2 Å². The average Bonchev–Trinajstić information content (AvgIpc) is 3.41. The number of hydrogen-bond acceptors (Lipinski definition) is 3. The van der Waals surface area contributed by atoms with E-state index in [0.717, 1.165) is 75.0 Å². The molecule has 4 aliphatic heterocycles. The lowest BCUT2D eigenvalue weighted by Gasteiger charge is -2.44. The molecule has 0 aromatic heterocycles. The summed E-state index contributed by atoms with van der Waals surface area (Å²) in [4.78, 5) is 12.9. The molecule has 1 amide bonds. The Morgan fingerprint density at radius 1 is 1.07 bits per heavy atom. The second-order valence-electron chi connectivity index (χ2n) is 10.1. The van der Waals surface area contributed by atoms with Crippen molar-refractivity contribution in [3.63, 3.8) is 0 Å². The summed E-state index contributed by atoms with van der Waals surface area (Å²) in [6.45, 7) is 7.30. The Bertz CT molecular complexity index is 802. The van der Waals surface area contributed by atoms with Gasteiger partial charge in [-0.05, 0) is 57.8 Å². The van der Waals surface area contributed by atoms with Crippen LogP contribution in [-0.2, 0) is 4.79 Å². The Kier molecular flexibility index (Phi) is 5.36. The van der Waals surface area contributed by atoms with E-state index in [-0.39, 0.29) is 23.2 Å². The summed E-state index contributed by atoms with van der Waals surface area (Å²) in [6, 6.07) is 6.75. The third kappa shape index (κ3) is 3.19. The number of quaternary nitrogens is 1. The molecule has 3 N–H and O–H groups in total. The van der Waals surface area contributed by atoms with Gasteiger partial charge in [-0.15, -0.1) is 0 Å². The molecule has 0 saturated carbocycles. The fraction of sp³-hybridized carbons (Fsp3) is 0.708. The number of halogens is 1. The highest BCUT2D eigenvalue weighted by atomic mass is 19.1. The highest BCUT2D eigenvalue weighted by Crippen LogP contribution is 2.43. The number of amides is 1. The van der Waals surface area contributed by atoms with Crippen LogP contribution in [0.1, 0.15) is 63.5 Å². The number of benzene rings is 1. The van der Waals surface area contributed by atoms with Gasteiger partial charge in [-0.2, -0.15) is 0 Å². The van der Waals surface area contributed by atoms with Crippen LogP contribution in [0.2, 0.25) is 0 Å². The monoisotopic (exact) mass is 415 g/mol. The van der Waals surface area contributed by atoms with Crippen LogP contribution >= 0.6 is 0 Å². The van der Waals surface area contributed by atoms with Crippen molar-refractivity contribution in [2.45, 2.75) is 70.0 Å². The van der Waals surface area contributed by atoms with Crippen LogP contribution in [-0.4, -0.2) is 50.7 Å². The fourth-order valence-electron chi connectivity index (χ4n) is 6.86. The van der Waals surface area contributed by atoms with E-state index in [0.29, 0.717) is 17.6 Å². The molecule has 5 rings (SSSR count). The number of likely N-dealkylation sites (tertiary alicyclic amines) is 1. The molecule has 164 valence electrons. The number of piperidine rings is 2. The summed E-state index contributed by atoms with van der Waals surface area (Å²) in [6.07, 6.45) is 7.03. The number of carbonyl (C=O) groups excluding carboxylic acids is 1. The summed E-state index contributed by atoms with van der Waals surface area (Å²) in [5, 5.41) is 10.0. The van der Waals surface area contributed by atoms with Crippen LogP contribution in [0.25, 0.3) is 0 Å². The van der Waals surface area contributed by atoms with Crippen molar-refractivity contribution < 1.29 is 9.18 Å². The molecule has 1 aromatic rings. The van der Waals surface area contributed by atoms with Gasteiger partial charge >= 0.3 is 0 Å². The van der Waals surface area contributed by atoms with Gasteiger partial charge in [0.15, 0.2) is 0 Å². The van der Waals surface area contributed by atoms with Gasteiger partial charge in [-0.1, -0.05) is 0 Å². The Morgan fingerprint density at radius 3 is 2.53 bits per heavy atom. The van der Waals surface area contributed by atoms with Gasteiger partial charge in [-0.3, -0.25) is 9.28 Å². The summed E-state index contributed by atoms with van der Waals surface area (Å²) >= 11 is 0. The predicted molar refractivity (Wildman–Crippen MR) is 118 cm³/mol. The van der Waals surface area contributed by atoms with Gasteiger partial charge in [0.05, 0.1) is 24.0 Å². The molecule has 6 heteroatoms. The molecule has 30 heavy (non-hydrogen) atoms. The first-order chi connectivity index (χ1) is 14.6.